The molecule has 0 unspecified atom stereocenters. The average molecular weight is 308 g/mol. The van der Waals surface area contributed by atoms with E-state index in [9.17, 15) is 0 Å². The molecule has 2 rings (SSSR count). The summed E-state index contributed by atoms with van der Waals surface area (Å²) < 4.78 is 11.8. The van der Waals surface area contributed by atoms with Gasteiger partial charge in [0.1, 0.15) is 17.2 Å². The van der Waals surface area contributed by atoms with Gasteiger partial charge in [0, 0.05) is 12.1 Å². The standard InChI is InChI=1S/C14H14BrNO2/c1-17-11-6-7-14(12(15)8-11)18-13-5-3-2-4-10(13)9-16/h2-8H,9,16H2,1H3. The Bertz CT molecular complexity index is 543. The summed E-state index contributed by atoms with van der Waals surface area (Å²) in [5.74, 6) is 2.28. The molecular formula is C14H14BrNO2. The monoisotopic (exact) mass is 307 g/mol. The molecule has 0 bridgehead atoms. The largest absolute Gasteiger partial charge is 0.497 e. The van der Waals surface area contributed by atoms with E-state index in [1.54, 1.807) is 7.11 Å². The predicted molar refractivity (Wildman–Crippen MR) is 75.1 cm³/mol. The molecule has 4 heteroatoms. The minimum Gasteiger partial charge on any atom is -0.497 e. The van der Waals surface area contributed by atoms with Crippen LogP contribution in [0.15, 0.2) is 46.9 Å². The van der Waals surface area contributed by atoms with Gasteiger partial charge in [-0.25, -0.2) is 0 Å². The number of methoxy groups -OCH3 is 1. The summed E-state index contributed by atoms with van der Waals surface area (Å²) in [6.07, 6.45) is 0. The van der Waals surface area contributed by atoms with E-state index in [1.807, 2.05) is 42.5 Å². The Morgan fingerprint density at radius 2 is 1.89 bits per heavy atom. The first-order valence-corrected chi connectivity index (χ1v) is 6.33. The summed E-state index contributed by atoms with van der Waals surface area (Å²) in [4.78, 5) is 0. The van der Waals surface area contributed by atoms with Crippen LogP contribution in [0.4, 0.5) is 0 Å². The number of benzene rings is 2. The molecule has 0 saturated carbocycles. The molecule has 0 radical (unpaired) electrons. The third-order valence-corrected chi connectivity index (χ3v) is 3.17. The van der Waals surface area contributed by atoms with Crippen molar-refractivity contribution < 1.29 is 9.47 Å². The molecule has 0 aromatic heterocycles. The molecule has 3 nitrogen and oxygen atoms in total. The van der Waals surface area contributed by atoms with Crippen molar-refractivity contribution in [3.8, 4) is 17.2 Å². The van der Waals surface area contributed by atoms with E-state index in [0.717, 1.165) is 27.3 Å². The van der Waals surface area contributed by atoms with E-state index in [1.165, 1.54) is 0 Å². The highest BCUT2D eigenvalue weighted by atomic mass is 79.9. The maximum absolute atomic E-state index is 5.85. The Kier molecular flexibility index (Phi) is 4.23. The van der Waals surface area contributed by atoms with Gasteiger partial charge in [0.2, 0.25) is 0 Å². The van der Waals surface area contributed by atoms with Crippen molar-refractivity contribution in [3.05, 3.63) is 52.5 Å². The zero-order valence-electron chi connectivity index (χ0n) is 10.0. The van der Waals surface area contributed by atoms with E-state index >= 15 is 0 Å². The molecule has 0 heterocycles. The van der Waals surface area contributed by atoms with Gasteiger partial charge in [0.05, 0.1) is 11.6 Å². The molecule has 2 aromatic rings. The fourth-order valence-corrected chi connectivity index (χ4v) is 2.02. The number of hydrogen-bond acceptors (Lipinski definition) is 3. The third-order valence-electron chi connectivity index (χ3n) is 2.55. The summed E-state index contributed by atoms with van der Waals surface area (Å²) in [6, 6.07) is 13.3. The van der Waals surface area contributed by atoms with Gasteiger partial charge < -0.3 is 15.2 Å². The zero-order chi connectivity index (χ0) is 13.0. The zero-order valence-corrected chi connectivity index (χ0v) is 11.6. The summed E-state index contributed by atoms with van der Waals surface area (Å²) in [5, 5.41) is 0. The number of halogens is 1. The molecule has 0 amide bonds. The number of hydrogen-bond donors (Lipinski definition) is 1. The van der Waals surface area contributed by atoms with Gasteiger partial charge in [0.25, 0.3) is 0 Å². The number of para-hydroxylation sites is 1. The summed E-state index contributed by atoms with van der Waals surface area (Å²) >= 11 is 3.46. The van der Waals surface area contributed by atoms with Crippen LogP contribution in [0.25, 0.3) is 0 Å². The molecule has 0 spiro atoms. The van der Waals surface area contributed by atoms with Crippen LogP contribution in [0.1, 0.15) is 5.56 Å². The minimum absolute atomic E-state index is 0.448. The van der Waals surface area contributed by atoms with Crippen LogP contribution in [0.3, 0.4) is 0 Å². The number of rotatable bonds is 4. The second kappa shape index (κ2) is 5.89. The Balaban J connectivity index is 2.28. The van der Waals surface area contributed by atoms with Gasteiger partial charge in [-0.3, -0.25) is 0 Å². The first-order valence-electron chi connectivity index (χ1n) is 5.54. The van der Waals surface area contributed by atoms with Gasteiger partial charge in [-0.15, -0.1) is 0 Å². The fourth-order valence-electron chi connectivity index (χ4n) is 1.58. The van der Waals surface area contributed by atoms with Crippen molar-refractivity contribution in [1.29, 1.82) is 0 Å². The van der Waals surface area contributed by atoms with Crippen LogP contribution in [0.5, 0.6) is 17.2 Å². The highest BCUT2D eigenvalue weighted by molar-refractivity contribution is 9.10. The highest BCUT2D eigenvalue weighted by Gasteiger charge is 2.07. The van der Waals surface area contributed by atoms with Gasteiger partial charge in [-0.2, -0.15) is 0 Å². The lowest BCUT2D eigenvalue weighted by Crippen LogP contribution is -1.99. The summed E-state index contributed by atoms with van der Waals surface area (Å²) in [5.41, 5.74) is 6.65. The summed E-state index contributed by atoms with van der Waals surface area (Å²) in [7, 11) is 1.63. The van der Waals surface area contributed by atoms with E-state index in [2.05, 4.69) is 15.9 Å². The molecule has 2 aromatic carbocycles. The third kappa shape index (κ3) is 2.83. The van der Waals surface area contributed by atoms with Crippen LogP contribution < -0.4 is 15.2 Å². The predicted octanol–water partition coefficient (Wildman–Crippen LogP) is 3.71. The molecule has 0 aliphatic carbocycles. The van der Waals surface area contributed by atoms with Gasteiger partial charge in [0.15, 0.2) is 0 Å². The molecule has 0 aliphatic rings. The van der Waals surface area contributed by atoms with Gasteiger partial charge in [-0.05, 0) is 40.2 Å². The van der Waals surface area contributed by atoms with Crippen LogP contribution in [-0.4, -0.2) is 7.11 Å². The van der Waals surface area contributed by atoms with Crippen LogP contribution in [-0.2, 0) is 6.54 Å². The van der Waals surface area contributed by atoms with Crippen LogP contribution in [0, 0.1) is 0 Å². The molecule has 18 heavy (non-hydrogen) atoms. The second-order valence-corrected chi connectivity index (χ2v) is 4.56. The first kappa shape index (κ1) is 12.9. The van der Waals surface area contributed by atoms with Gasteiger partial charge >= 0.3 is 0 Å². The van der Waals surface area contributed by atoms with E-state index in [4.69, 9.17) is 15.2 Å². The Hall–Kier alpha value is -1.52. The van der Waals surface area contributed by atoms with Crippen molar-refractivity contribution in [3.63, 3.8) is 0 Å². The quantitative estimate of drug-likeness (QED) is 0.936. The van der Waals surface area contributed by atoms with Crippen molar-refractivity contribution in [2.45, 2.75) is 6.54 Å². The van der Waals surface area contributed by atoms with Crippen molar-refractivity contribution in [2.75, 3.05) is 7.11 Å². The highest BCUT2D eigenvalue weighted by Crippen LogP contribution is 2.33. The lowest BCUT2D eigenvalue weighted by molar-refractivity contribution is 0.412. The minimum atomic E-state index is 0.448. The van der Waals surface area contributed by atoms with Crippen molar-refractivity contribution >= 4 is 15.9 Å². The Morgan fingerprint density at radius 1 is 1.11 bits per heavy atom. The van der Waals surface area contributed by atoms with E-state index in [-0.39, 0.29) is 0 Å². The maximum Gasteiger partial charge on any atom is 0.141 e. The summed E-state index contributed by atoms with van der Waals surface area (Å²) in [6.45, 7) is 0.448. The topological polar surface area (TPSA) is 44.5 Å². The lowest BCUT2D eigenvalue weighted by Gasteiger charge is -2.11. The molecule has 0 saturated heterocycles. The number of nitrogens with two attached hydrogens (primary N) is 1. The van der Waals surface area contributed by atoms with E-state index < -0.39 is 0 Å². The lowest BCUT2D eigenvalue weighted by atomic mass is 10.2. The van der Waals surface area contributed by atoms with Crippen molar-refractivity contribution in [2.24, 2.45) is 5.73 Å². The second-order valence-electron chi connectivity index (χ2n) is 3.71. The first-order chi connectivity index (χ1) is 8.74. The Labute approximate surface area is 115 Å². The van der Waals surface area contributed by atoms with Crippen molar-refractivity contribution in [1.82, 2.24) is 0 Å². The smallest absolute Gasteiger partial charge is 0.141 e. The maximum atomic E-state index is 5.85. The molecular weight excluding hydrogens is 294 g/mol. The average Bonchev–Trinajstić information content (AvgIpc) is 2.41. The van der Waals surface area contributed by atoms with Gasteiger partial charge in [-0.1, -0.05) is 18.2 Å². The molecule has 0 aliphatic heterocycles. The number of ether oxygens (including phenoxy) is 2. The molecule has 0 fully saturated rings. The fraction of sp³-hybridized carbons (Fsp3) is 0.143. The molecule has 2 N–H and O–H groups in total. The van der Waals surface area contributed by atoms with Crippen LogP contribution >= 0.6 is 15.9 Å². The molecule has 94 valence electrons. The normalized spacial score (nSPS) is 10.2. The Morgan fingerprint density at radius 3 is 2.56 bits per heavy atom. The van der Waals surface area contributed by atoms with E-state index in [0.29, 0.717) is 6.54 Å². The molecule has 0 atom stereocenters. The SMILES string of the molecule is COc1ccc(Oc2ccccc2CN)c(Br)c1. The van der Waals surface area contributed by atoms with Crippen LogP contribution in [0.2, 0.25) is 0 Å².